The number of nitrogens with zero attached hydrogens (tertiary/aromatic N) is 3. The Kier molecular flexibility index (Phi) is 12.2. The third-order valence-electron chi connectivity index (χ3n) is 6.42. The quantitative estimate of drug-likeness (QED) is 0.198. The van der Waals surface area contributed by atoms with Crippen LogP contribution in [-0.2, 0) is 4.79 Å². The SMILES string of the molecule is CCCCCCCCN(CCCCCCCC)c1ccc(/C=C2/N=C(C)N(C)C2=O)cc1. The smallest absolute Gasteiger partial charge is 0.277 e. The highest BCUT2D eigenvalue weighted by Crippen LogP contribution is 2.21. The van der Waals surface area contributed by atoms with Gasteiger partial charge in [-0.1, -0.05) is 90.2 Å². The first-order valence-corrected chi connectivity index (χ1v) is 13.0. The van der Waals surface area contributed by atoms with Gasteiger partial charge in [0, 0.05) is 25.8 Å². The maximum absolute atomic E-state index is 12.3. The summed E-state index contributed by atoms with van der Waals surface area (Å²) in [6, 6.07) is 8.66. The molecule has 0 aromatic heterocycles. The van der Waals surface area contributed by atoms with E-state index < -0.39 is 0 Å². The standard InChI is InChI=1S/C28H45N3O/c1-5-7-9-11-13-15-21-31(22-16-14-12-10-8-6-2)26-19-17-25(18-20-26)23-27-28(32)30(4)24(3)29-27/h17-20,23H,5-16,21-22H2,1-4H3/b27-23+. The van der Waals surface area contributed by atoms with Gasteiger partial charge in [-0.3, -0.25) is 9.69 Å². The fourth-order valence-corrected chi connectivity index (χ4v) is 4.19. The minimum absolute atomic E-state index is 0.0284. The van der Waals surface area contributed by atoms with Gasteiger partial charge in [0.25, 0.3) is 5.91 Å². The van der Waals surface area contributed by atoms with Gasteiger partial charge in [0.05, 0.1) is 0 Å². The van der Waals surface area contributed by atoms with Crippen molar-refractivity contribution in [2.75, 3.05) is 25.0 Å². The number of hydrogen-bond acceptors (Lipinski definition) is 3. The number of hydrogen-bond donors (Lipinski definition) is 0. The summed E-state index contributed by atoms with van der Waals surface area (Å²) < 4.78 is 0. The van der Waals surface area contributed by atoms with E-state index >= 15 is 0 Å². The molecule has 1 heterocycles. The molecule has 0 unspecified atom stereocenters. The molecule has 1 aliphatic rings. The largest absolute Gasteiger partial charge is 0.372 e. The first-order valence-electron chi connectivity index (χ1n) is 13.0. The number of likely N-dealkylation sites (N-methyl/N-ethyl adjacent to an activating group) is 1. The van der Waals surface area contributed by atoms with Gasteiger partial charge >= 0.3 is 0 Å². The van der Waals surface area contributed by atoms with Crippen molar-refractivity contribution in [3.05, 3.63) is 35.5 Å². The van der Waals surface area contributed by atoms with E-state index in [0.717, 1.165) is 24.5 Å². The molecule has 4 nitrogen and oxygen atoms in total. The maximum atomic E-state index is 12.3. The lowest BCUT2D eigenvalue weighted by molar-refractivity contribution is -0.121. The number of unbranched alkanes of at least 4 members (excludes halogenated alkanes) is 10. The second kappa shape index (κ2) is 14.9. The second-order valence-electron chi connectivity index (χ2n) is 9.17. The van der Waals surface area contributed by atoms with E-state index in [0.29, 0.717) is 5.70 Å². The Morgan fingerprint density at radius 2 is 1.31 bits per heavy atom. The van der Waals surface area contributed by atoms with Gasteiger partial charge < -0.3 is 4.90 Å². The van der Waals surface area contributed by atoms with Crippen molar-refractivity contribution in [3.8, 4) is 0 Å². The van der Waals surface area contributed by atoms with Gasteiger partial charge in [-0.25, -0.2) is 4.99 Å². The molecule has 0 fully saturated rings. The molecule has 2 rings (SSSR count). The van der Waals surface area contributed by atoms with Gasteiger partial charge in [0.2, 0.25) is 0 Å². The van der Waals surface area contributed by atoms with Crippen molar-refractivity contribution in [2.45, 2.75) is 97.8 Å². The summed E-state index contributed by atoms with van der Waals surface area (Å²) in [5.74, 6) is 0.723. The number of amidine groups is 1. The molecule has 0 bridgehead atoms. The van der Waals surface area contributed by atoms with Crippen LogP contribution in [0, 0.1) is 0 Å². The number of carbonyl (C=O) groups is 1. The Hall–Kier alpha value is -2.10. The number of carbonyl (C=O) groups excluding carboxylic acids is 1. The van der Waals surface area contributed by atoms with Crippen LogP contribution in [-0.4, -0.2) is 36.8 Å². The highest BCUT2D eigenvalue weighted by molar-refractivity contribution is 6.13. The first-order chi connectivity index (χ1) is 15.6. The zero-order chi connectivity index (χ0) is 23.2. The molecule has 178 valence electrons. The summed E-state index contributed by atoms with van der Waals surface area (Å²) in [6.07, 6.45) is 17.8. The average molecular weight is 440 g/mol. The minimum Gasteiger partial charge on any atom is -0.372 e. The summed E-state index contributed by atoms with van der Waals surface area (Å²) >= 11 is 0. The molecule has 0 atom stereocenters. The van der Waals surface area contributed by atoms with E-state index in [-0.39, 0.29) is 5.91 Å². The van der Waals surface area contributed by atoms with Crippen LogP contribution in [0.2, 0.25) is 0 Å². The molecule has 32 heavy (non-hydrogen) atoms. The van der Waals surface area contributed by atoms with Crippen molar-refractivity contribution in [3.63, 3.8) is 0 Å². The monoisotopic (exact) mass is 439 g/mol. The van der Waals surface area contributed by atoms with Crippen LogP contribution in [0.5, 0.6) is 0 Å². The fourth-order valence-electron chi connectivity index (χ4n) is 4.19. The summed E-state index contributed by atoms with van der Waals surface area (Å²) in [4.78, 5) is 20.8. The molecule has 4 heteroatoms. The van der Waals surface area contributed by atoms with Gasteiger partial charge in [-0.2, -0.15) is 0 Å². The number of rotatable bonds is 16. The van der Waals surface area contributed by atoms with Crippen LogP contribution >= 0.6 is 0 Å². The Bertz CT molecular complexity index is 720. The molecule has 1 aliphatic heterocycles. The summed E-state index contributed by atoms with van der Waals surface area (Å²) in [5.41, 5.74) is 2.85. The summed E-state index contributed by atoms with van der Waals surface area (Å²) in [5, 5.41) is 0. The lowest BCUT2D eigenvalue weighted by atomic mass is 10.1. The Balaban J connectivity index is 1.94. The van der Waals surface area contributed by atoms with Crippen LogP contribution < -0.4 is 4.90 Å². The molecule has 0 aliphatic carbocycles. The molecule has 0 N–H and O–H groups in total. The van der Waals surface area contributed by atoms with E-state index in [1.807, 2.05) is 13.0 Å². The van der Waals surface area contributed by atoms with E-state index in [1.165, 1.54) is 82.7 Å². The Morgan fingerprint density at radius 1 is 0.812 bits per heavy atom. The van der Waals surface area contributed by atoms with E-state index in [4.69, 9.17) is 0 Å². The second-order valence-corrected chi connectivity index (χ2v) is 9.17. The van der Waals surface area contributed by atoms with Gasteiger partial charge in [-0.15, -0.1) is 0 Å². The molecular formula is C28H45N3O. The zero-order valence-corrected chi connectivity index (χ0v) is 21.0. The van der Waals surface area contributed by atoms with Crippen LogP contribution in [0.4, 0.5) is 5.69 Å². The highest BCUT2D eigenvalue weighted by Gasteiger charge is 2.23. The van der Waals surface area contributed by atoms with Crippen molar-refractivity contribution >= 4 is 23.5 Å². The van der Waals surface area contributed by atoms with E-state index in [2.05, 4.69) is 48.0 Å². The van der Waals surface area contributed by atoms with Crippen LogP contribution in [0.15, 0.2) is 35.0 Å². The van der Waals surface area contributed by atoms with Crippen molar-refractivity contribution < 1.29 is 4.79 Å². The van der Waals surface area contributed by atoms with Crippen LogP contribution in [0.1, 0.15) is 103 Å². The number of aliphatic imine (C=N–C) groups is 1. The normalized spacial score (nSPS) is 15.0. The predicted molar refractivity (Wildman–Crippen MR) is 139 cm³/mol. The summed E-state index contributed by atoms with van der Waals surface area (Å²) in [7, 11) is 1.77. The number of amides is 1. The molecule has 0 spiro atoms. The maximum Gasteiger partial charge on any atom is 0.277 e. The average Bonchev–Trinajstić information content (AvgIpc) is 3.04. The topological polar surface area (TPSA) is 35.9 Å². The molecule has 1 aromatic carbocycles. The van der Waals surface area contributed by atoms with E-state index in [9.17, 15) is 4.79 Å². The number of anilines is 1. The van der Waals surface area contributed by atoms with E-state index in [1.54, 1.807) is 11.9 Å². The van der Waals surface area contributed by atoms with Gasteiger partial charge in [0.1, 0.15) is 11.5 Å². The number of benzene rings is 1. The lowest BCUT2D eigenvalue weighted by Gasteiger charge is -2.25. The highest BCUT2D eigenvalue weighted by atomic mass is 16.2. The van der Waals surface area contributed by atoms with Gasteiger partial charge in [0.15, 0.2) is 0 Å². The van der Waals surface area contributed by atoms with Gasteiger partial charge in [-0.05, 0) is 43.5 Å². The molecule has 0 saturated carbocycles. The minimum atomic E-state index is -0.0284. The lowest BCUT2D eigenvalue weighted by Crippen LogP contribution is -2.25. The molecule has 0 saturated heterocycles. The molecule has 0 radical (unpaired) electrons. The molecule has 1 amide bonds. The Morgan fingerprint density at radius 3 is 1.78 bits per heavy atom. The Labute approximate surface area is 196 Å². The van der Waals surface area contributed by atoms with Crippen molar-refractivity contribution in [1.82, 2.24) is 4.90 Å². The fraction of sp³-hybridized carbons (Fsp3) is 0.643. The zero-order valence-electron chi connectivity index (χ0n) is 21.0. The molecular weight excluding hydrogens is 394 g/mol. The van der Waals surface area contributed by atoms with Crippen LogP contribution in [0.3, 0.4) is 0 Å². The third kappa shape index (κ3) is 8.80. The van der Waals surface area contributed by atoms with Crippen LogP contribution in [0.25, 0.3) is 6.08 Å². The van der Waals surface area contributed by atoms with Crippen molar-refractivity contribution in [1.29, 1.82) is 0 Å². The molecule has 1 aromatic rings. The summed E-state index contributed by atoms with van der Waals surface area (Å²) in [6.45, 7) is 8.68. The first kappa shape index (κ1) is 26.2. The third-order valence-corrected chi connectivity index (χ3v) is 6.42. The predicted octanol–water partition coefficient (Wildman–Crippen LogP) is 7.45. The van der Waals surface area contributed by atoms with Crippen molar-refractivity contribution in [2.24, 2.45) is 4.99 Å².